The Kier molecular flexibility index (Phi) is 4.00. The Morgan fingerprint density at radius 1 is 1.00 bits per heavy atom. The van der Waals surface area contributed by atoms with Crippen LogP contribution in [0.15, 0.2) is 0 Å². The largest absolute Gasteiger partial charge is 0.392 e. The van der Waals surface area contributed by atoms with E-state index in [1.807, 2.05) is 31.4 Å². The van der Waals surface area contributed by atoms with Gasteiger partial charge in [-0.3, -0.25) is 4.79 Å². The van der Waals surface area contributed by atoms with Gasteiger partial charge in [0.15, 0.2) is 13.6 Å². The van der Waals surface area contributed by atoms with Crippen molar-refractivity contribution in [1.82, 2.24) is 0 Å². The molecule has 0 saturated heterocycles. The number of fused-ring (bicyclic) bond motifs is 3. The van der Waals surface area contributed by atoms with Gasteiger partial charge in [-0.15, -0.1) is 10.9 Å². The zero-order valence-corrected chi connectivity index (χ0v) is 17.4. The van der Waals surface area contributed by atoms with Gasteiger partial charge in [-0.05, 0) is 10.8 Å². The zero-order chi connectivity index (χ0) is 19.3. The maximum atomic E-state index is 13.6. The monoisotopic (exact) mass is 345 g/mol. The number of halogens is 1. The first-order chi connectivity index (χ1) is 11.2. The number of carbonyl (C=O) groups excluding carboxylic acids is 1. The second-order valence-corrected chi connectivity index (χ2v) is 9.78. The third kappa shape index (κ3) is 1.94. The summed E-state index contributed by atoms with van der Waals surface area (Å²) in [4.78, 5) is 13.6. The molecule has 1 fully saturated rings. The Hall–Kier alpha value is -0.316. The summed E-state index contributed by atoms with van der Waals surface area (Å²) in [6, 6.07) is 0. The van der Waals surface area contributed by atoms with Gasteiger partial charge >= 0.3 is 0 Å². The molecule has 3 unspecified atom stereocenters. The van der Waals surface area contributed by atoms with Crippen LogP contribution in [0, 0.1) is 0 Å². The summed E-state index contributed by atoms with van der Waals surface area (Å²) in [5.41, 5.74) is 10.5. The van der Waals surface area contributed by atoms with E-state index in [1.54, 1.807) is 7.85 Å². The predicted molar refractivity (Wildman–Crippen MR) is 130 cm³/mol. The van der Waals surface area contributed by atoms with Crippen LogP contribution in [0.2, 0.25) is 10.4 Å². The molecule has 25 heavy (non-hydrogen) atoms. The maximum Gasteiger partial charge on any atom is 0.283 e. The molecule has 0 aromatic heterocycles. The van der Waals surface area contributed by atoms with E-state index in [0.717, 1.165) is 27.4 Å². The summed E-state index contributed by atoms with van der Waals surface area (Å²) in [5, 5.41) is 9.87. The van der Waals surface area contributed by atoms with Crippen LogP contribution >= 0.6 is 11.5 Å². The van der Waals surface area contributed by atoms with Gasteiger partial charge in [-0.1, -0.05) is 28.0 Å². The molecule has 3 nitrogen and oxygen atoms in total. The minimum Gasteiger partial charge on any atom is -0.392 e. The Bertz CT molecular complexity index is 832. The fraction of sp³-hybridized carbons (Fsp3) is 0.417. The van der Waals surface area contributed by atoms with Gasteiger partial charge in [-0.25, -0.2) is 0 Å². The number of hydrogen-bond acceptors (Lipinski definition) is 3. The van der Waals surface area contributed by atoms with Crippen molar-refractivity contribution in [2.24, 2.45) is 5.73 Å². The topological polar surface area (TPSA) is 63.3 Å². The minimum atomic E-state index is -1.50. The molecule has 120 valence electrons. The van der Waals surface area contributed by atoms with Crippen molar-refractivity contribution in [3.8, 4) is 0 Å². The summed E-state index contributed by atoms with van der Waals surface area (Å²) in [6.45, 7) is 0. The van der Waals surface area contributed by atoms with Crippen molar-refractivity contribution in [3.05, 3.63) is 5.56 Å². The van der Waals surface area contributed by atoms with Crippen LogP contribution in [0.1, 0.15) is 12.0 Å². The lowest BCUT2D eigenvalue weighted by Crippen LogP contribution is -2.72. The molecule has 0 spiro atoms. The minimum absolute atomic E-state index is 0.311. The van der Waals surface area contributed by atoms with Crippen molar-refractivity contribution < 1.29 is 9.90 Å². The van der Waals surface area contributed by atoms with Gasteiger partial charge in [-0.2, -0.15) is 11.5 Å². The first-order valence-electron chi connectivity index (χ1n) is 8.97. The molecule has 1 aliphatic heterocycles. The number of Topliss-reactive ketones (excluding diaryl/α,β-unsaturated/α-hetero) is 1. The van der Waals surface area contributed by atoms with E-state index < -0.39 is 21.5 Å². The van der Waals surface area contributed by atoms with Crippen LogP contribution in [0.25, 0.3) is 0 Å². The third-order valence-electron chi connectivity index (χ3n) is 7.77. The van der Waals surface area contributed by atoms with Crippen molar-refractivity contribution in [2.75, 3.05) is 0 Å². The summed E-state index contributed by atoms with van der Waals surface area (Å²) in [7, 11) is 15.7. The number of aliphatic hydroxyl groups is 1. The van der Waals surface area contributed by atoms with Crippen LogP contribution in [-0.4, -0.2) is 85.3 Å². The molecular formula is C12H21B9ClNO2. The third-order valence-corrected chi connectivity index (χ3v) is 8.47. The van der Waals surface area contributed by atoms with Crippen LogP contribution in [0.3, 0.4) is 0 Å². The number of ketones is 1. The highest BCUT2D eigenvalue weighted by Crippen LogP contribution is 2.63. The Labute approximate surface area is 162 Å². The van der Waals surface area contributed by atoms with Gasteiger partial charge in [0.25, 0.3) is 6.13 Å². The average Bonchev–Trinajstić information content (AvgIpc) is 2.68. The molecule has 1 aliphatic carbocycles. The van der Waals surface area contributed by atoms with E-state index in [2.05, 4.69) is 23.5 Å². The standard InChI is InChI=1S/C12H21B9ClNO2/c13-3-2-7(6(16)5(15)4(3)14)21(22)10(19)1-9(17,18)12(20,25)8(24)11(2,10)23/h25H,1,13-20,23H2. The molecule has 3 atom stereocenters. The summed E-state index contributed by atoms with van der Waals surface area (Å²) in [6.07, 6.45) is 0.222. The molecular weight excluding hydrogens is 323 g/mol. The van der Waals surface area contributed by atoms with Gasteiger partial charge in [0.1, 0.15) is 54.9 Å². The molecule has 0 radical (unpaired) electrons. The quantitative estimate of drug-likeness (QED) is 0.460. The smallest absolute Gasteiger partial charge is 0.283 e. The van der Waals surface area contributed by atoms with Crippen molar-refractivity contribution in [1.29, 1.82) is 0 Å². The van der Waals surface area contributed by atoms with Gasteiger partial charge in [0, 0.05) is 0 Å². The maximum absolute atomic E-state index is 13.6. The Morgan fingerprint density at radius 2 is 1.48 bits per heavy atom. The van der Waals surface area contributed by atoms with E-state index in [4.69, 9.17) is 17.2 Å². The van der Waals surface area contributed by atoms with Crippen LogP contribution < -0.4 is 33.0 Å². The lowest BCUT2D eigenvalue weighted by Gasteiger charge is -2.58. The Balaban J connectivity index is 2.46. The molecule has 0 bridgehead atoms. The number of rotatable bonds is 0. The number of hydrogen-bond donors (Lipinski definition) is 2. The molecule has 2 aliphatic rings. The fourth-order valence-electron chi connectivity index (χ4n) is 5.35. The van der Waals surface area contributed by atoms with Crippen LogP contribution in [0.4, 0.5) is 0 Å². The van der Waals surface area contributed by atoms with E-state index in [9.17, 15) is 9.90 Å². The van der Waals surface area contributed by atoms with E-state index in [-0.39, 0.29) is 11.9 Å². The lowest BCUT2D eigenvalue weighted by molar-refractivity contribution is -0.141. The van der Waals surface area contributed by atoms with Gasteiger partial charge in [0.2, 0.25) is 0 Å². The molecule has 3 N–H and O–H groups in total. The van der Waals surface area contributed by atoms with E-state index in [0.29, 0.717) is 6.42 Å². The van der Waals surface area contributed by atoms with E-state index >= 15 is 0 Å². The Morgan fingerprint density at radius 3 is 2.00 bits per heavy atom. The first kappa shape index (κ1) is 19.4. The number of benzene rings is 1. The zero-order valence-electron chi connectivity index (χ0n) is 16.6. The molecule has 1 saturated carbocycles. The number of carbonyl (C=O) groups is 1. The van der Waals surface area contributed by atoms with Gasteiger partial charge < -0.3 is 10.8 Å². The SMILES string of the molecule is Bc1c(B)c(B)c2c(c1B)B(Cl)C1(B)CC(B)(B)C(B)(O)C(=O)C21N. The normalized spacial score (nSPS) is 36.1. The highest BCUT2D eigenvalue weighted by atomic mass is 35.5. The highest BCUT2D eigenvalue weighted by Gasteiger charge is 2.72. The molecule has 1 aromatic carbocycles. The summed E-state index contributed by atoms with van der Waals surface area (Å²) >= 11 is 7.02. The molecule has 1 heterocycles. The average molecular weight is 344 g/mol. The fourth-order valence-corrected chi connectivity index (χ4v) is 5.88. The molecule has 3 rings (SSSR count). The lowest BCUT2D eigenvalue weighted by atomic mass is 9.23. The number of nitrogens with two attached hydrogens (primary N) is 1. The second kappa shape index (κ2) is 5.14. The predicted octanol–water partition coefficient (Wildman–Crippen LogP) is -10.7. The van der Waals surface area contributed by atoms with Crippen molar-refractivity contribution in [3.63, 3.8) is 0 Å². The second-order valence-electron chi connectivity index (χ2n) is 9.34. The highest BCUT2D eigenvalue weighted by molar-refractivity contribution is 7.20. The van der Waals surface area contributed by atoms with Crippen molar-refractivity contribution >= 4 is 113 Å². The molecule has 13 heteroatoms. The first-order valence-corrected chi connectivity index (χ1v) is 9.41. The van der Waals surface area contributed by atoms with Crippen LogP contribution in [-0.2, 0) is 10.3 Å². The van der Waals surface area contributed by atoms with Crippen LogP contribution in [0.5, 0.6) is 0 Å². The summed E-state index contributed by atoms with van der Waals surface area (Å²) in [5.74, 6) is -0.311. The van der Waals surface area contributed by atoms with Crippen molar-refractivity contribution in [2.45, 2.75) is 27.9 Å². The van der Waals surface area contributed by atoms with Gasteiger partial charge in [0.05, 0.1) is 11.0 Å². The summed E-state index contributed by atoms with van der Waals surface area (Å²) < 4.78 is 0. The van der Waals surface area contributed by atoms with E-state index in [1.165, 1.54) is 5.46 Å². The molecule has 0 amide bonds. The molecule has 1 aromatic rings.